The summed E-state index contributed by atoms with van der Waals surface area (Å²) in [5, 5.41) is 3.91. The van der Waals surface area contributed by atoms with E-state index in [9.17, 15) is 0 Å². The molecule has 0 bridgehead atoms. The van der Waals surface area contributed by atoms with Crippen molar-refractivity contribution in [3.8, 4) is 0 Å². The lowest BCUT2D eigenvalue weighted by Crippen LogP contribution is -2.47. The maximum atomic E-state index is 3.91. The highest BCUT2D eigenvalue weighted by Crippen LogP contribution is 2.25. The van der Waals surface area contributed by atoms with Gasteiger partial charge in [0.1, 0.15) is 0 Å². The minimum absolute atomic E-state index is 0.702. The van der Waals surface area contributed by atoms with Crippen molar-refractivity contribution in [3.05, 3.63) is 0 Å². The summed E-state index contributed by atoms with van der Waals surface area (Å²) < 4.78 is 0. The molecule has 0 aromatic carbocycles. The molecule has 2 aliphatic rings. The molecule has 0 radical (unpaired) electrons. The third kappa shape index (κ3) is 3.96. The van der Waals surface area contributed by atoms with Gasteiger partial charge in [-0.2, -0.15) is 0 Å². The molecule has 0 aromatic heterocycles. The second-order valence-electron chi connectivity index (χ2n) is 6.59. The summed E-state index contributed by atoms with van der Waals surface area (Å²) >= 11 is 0. The molecular formula is C15H30N2. The topological polar surface area (TPSA) is 15.3 Å². The summed E-state index contributed by atoms with van der Waals surface area (Å²) in [5.41, 5.74) is 0. The van der Waals surface area contributed by atoms with Crippen LogP contribution in [0.15, 0.2) is 0 Å². The number of nitrogens with zero attached hydrogens (tertiary/aromatic N) is 1. The van der Waals surface area contributed by atoms with Gasteiger partial charge in [-0.25, -0.2) is 0 Å². The molecule has 2 nitrogen and oxygen atoms in total. The van der Waals surface area contributed by atoms with Crippen LogP contribution in [0.4, 0.5) is 0 Å². The highest BCUT2D eigenvalue weighted by atomic mass is 15.1. The number of hydrogen-bond donors (Lipinski definition) is 1. The fraction of sp³-hybridized carbons (Fsp3) is 1.00. The third-order valence-corrected chi connectivity index (χ3v) is 4.80. The third-order valence-electron chi connectivity index (χ3n) is 4.80. The Bertz CT molecular complexity index is 229. The smallest absolute Gasteiger partial charge is 0.00818 e. The van der Waals surface area contributed by atoms with Crippen LogP contribution in [0.3, 0.4) is 0 Å². The van der Waals surface area contributed by atoms with Crippen LogP contribution < -0.4 is 5.32 Å². The monoisotopic (exact) mass is 238 g/mol. The number of nitrogens with one attached hydrogen (secondary N) is 1. The maximum absolute atomic E-state index is 3.91. The lowest BCUT2D eigenvalue weighted by Gasteiger charge is -2.37. The second kappa shape index (κ2) is 6.19. The minimum Gasteiger partial charge on any atom is -0.311 e. The van der Waals surface area contributed by atoms with Crippen LogP contribution in [0.5, 0.6) is 0 Å². The van der Waals surface area contributed by atoms with Crippen molar-refractivity contribution in [1.29, 1.82) is 0 Å². The van der Waals surface area contributed by atoms with Gasteiger partial charge in [-0.1, -0.05) is 19.8 Å². The Hall–Kier alpha value is -0.0800. The van der Waals surface area contributed by atoms with Crippen LogP contribution >= 0.6 is 0 Å². The van der Waals surface area contributed by atoms with Crippen LogP contribution in [0.2, 0.25) is 0 Å². The summed E-state index contributed by atoms with van der Waals surface area (Å²) in [6.07, 6.45) is 8.47. The Balaban J connectivity index is 1.77. The van der Waals surface area contributed by atoms with Crippen LogP contribution in [-0.4, -0.2) is 37.1 Å². The van der Waals surface area contributed by atoms with Gasteiger partial charge in [0.15, 0.2) is 0 Å². The van der Waals surface area contributed by atoms with E-state index in [2.05, 4.69) is 31.1 Å². The molecule has 1 aliphatic heterocycles. The lowest BCUT2D eigenvalue weighted by atomic mass is 9.85. The van der Waals surface area contributed by atoms with Crippen LogP contribution in [0, 0.1) is 11.8 Å². The van der Waals surface area contributed by atoms with E-state index in [4.69, 9.17) is 0 Å². The van der Waals surface area contributed by atoms with E-state index in [1.54, 1.807) is 0 Å². The van der Waals surface area contributed by atoms with Crippen molar-refractivity contribution in [1.82, 2.24) is 10.2 Å². The van der Waals surface area contributed by atoms with Crippen LogP contribution in [0.1, 0.15) is 52.4 Å². The molecule has 100 valence electrons. The zero-order valence-corrected chi connectivity index (χ0v) is 11.9. The Morgan fingerprint density at radius 2 is 2.00 bits per heavy atom. The molecule has 1 aliphatic carbocycles. The van der Waals surface area contributed by atoms with Crippen LogP contribution in [-0.2, 0) is 0 Å². The molecular weight excluding hydrogens is 208 g/mol. The van der Waals surface area contributed by atoms with Gasteiger partial charge < -0.3 is 10.2 Å². The van der Waals surface area contributed by atoms with E-state index < -0.39 is 0 Å². The maximum Gasteiger partial charge on any atom is 0.00818 e. The second-order valence-corrected chi connectivity index (χ2v) is 6.59. The summed E-state index contributed by atoms with van der Waals surface area (Å²) in [7, 11) is 2.27. The van der Waals surface area contributed by atoms with E-state index in [-0.39, 0.29) is 0 Å². The van der Waals surface area contributed by atoms with Crippen molar-refractivity contribution in [2.75, 3.05) is 20.1 Å². The summed E-state index contributed by atoms with van der Waals surface area (Å²) in [6.45, 7) is 7.40. The number of likely N-dealkylation sites (tertiary alicyclic amines) is 1. The fourth-order valence-electron chi connectivity index (χ4n) is 3.71. The first-order chi connectivity index (χ1) is 8.15. The number of rotatable bonds is 3. The van der Waals surface area contributed by atoms with Gasteiger partial charge in [-0.3, -0.25) is 0 Å². The largest absolute Gasteiger partial charge is 0.311 e. The Morgan fingerprint density at radius 1 is 1.18 bits per heavy atom. The predicted molar refractivity (Wildman–Crippen MR) is 74.2 cm³/mol. The van der Waals surface area contributed by atoms with Crippen molar-refractivity contribution >= 4 is 0 Å². The van der Waals surface area contributed by atoms with Gasteiger partial charge >= 0.3 is 0 Å². The minimum atomic E-state index is 0.702. The molecule has 2 heteroatoms. The van der Waals surface area contributed by atoms with E-state index in [1.165, 1.54) is 51.6 Å². The first-order valence-corrected chi connectivity index (χ1v) is 7.59. The Morgan fingerprint density at radius 3 is 2.71 bits per heavy atom. The number of piperidine rings is 1. The molecule has 1 heterocycles. The normalized spacial score (nSPS) is 37.9. The molecule has 1 N–H and O–H groups in total. The van der Waals surface area contributed by atoms with E-state index in [0.29, 0.717) is 6.04 Å². The summed E-state index contributed by atoms with van der Waals surface area (Å²) in [4.78, 5) is 2.50. The zero-order valence-electron chi connectivity index (χ0n) is 11.9. The van der Waals surface area contributed by atoms with E-state index in [0.717, 1.165) is 17.9 Å². The molecule has 2 fully saturated rings. The fourth-order valence-corrected chi connectivity index (χ4v) is 3.71. The molecule has 0 spiro atoms. The van der Waals surface area contributed by atoms with Gasteiger partial charge in [-0.05, 0) is 58.0 Å². The first kappa shape index (κ1) is 13.4. The Labute approximate surface area is 107 Å². The van der Waals surface area contributed by atoms with Crippen molar-refractivity contribution in [3.63, 3.8) is 0 Å². The molecule has 1 saturated heterocycles. The van der Waals surface area contributed by atoms with Gasteiger partial charge in [0, 0.05) is 18.6 Å². The average Bonchev–Trinajstić information content (AvgIpc) is 2.29. The zero-order chi connectivity index (χ0) is 12.3. The average molecular weight is 238 g/mol. The predicted octanol–water partition coefficient (Wildman–Crippen LogP) is 2.89. The van der Waals surface area contributed by atoms with Gasteiger partial charge in [0.05, 0.1) is 0 Å². The highest BCUT2D eigenvalue weighted by Gasteiger charge is 2.26. The number of hydrogen-bond acceptors (Lipinski definition) is 2. The van der Waals surface area contributed by atoms with Crippen LogP contribution in [0.25, 0.3) is 0 Å². The van der Waals surface area contributed by atoms with Crippen molar-refractivity contribution in [2.24, 2.45) is 11.8 Å². The van der Waals surface area contributed by atoms with E-state index in [1.807, 2.05) is 0 Å². The lowest BCUT2D eigenvalue weighted by molar-refractivity contribution is 0.163. The molecule has 4 unspecified atom stereocenters. The quantitative estimate of drug-likeness (QED) is 0.813. The molecule has 2 rings (SSSR count). The van der Waals surface area contributed by atoms with Gasteiger partial charge in [0.25, 0.3) is 0 Å². The standard InChI is InChI=1S/C15H30N2/c1-12-6-4-8-15(10-12)16-13(2)14-7-5-9-17(3)11-14/h12-16H,4-11H2,1-3H3. The van der Waals surface area contributed by atoms with Gasteiger partial charge in [-0.15, -0.1) is 0 Å². The summed E-state index contributed by atoms with van der Waals surface area (Å²) in [5.74, 6) is 1.80. The molecule has 0 amide bonds. The molecule has 17 heavy (non-hydrogen) atoms. The SMILES string of the molecule is CC1CCCC(NC(C)C2CCCN(C)C2)C1. The molecule has 1 saturated carbocycles. The summed E-state index contributed by atoms with van der Waals surface area (Å²) in [6, 6.07) is 1.49. The molecule has 4 atom stereocenters. The first-order valence-electron chi connectivity index (χ1n) is 7.59. The van der Waals surface area contributed by atoms with E-state index >= 15 is 0 Å². The van der Waals surface area contributed by atoms with Gasteiger partial charge in [0.2, 0.25) is 0 Å². The Kier molecular flexibility index (Phi) is 4.87. The highest BCUT2D eigenvalue weighted by molar-refractivity contribution is 4.84. The molecule has 0 aromatic rings. The van der Waals surface area contributed by atoms with Crippen molar-refractivity contribution in [2.45, 2.75) is 64.5 Å². The van der Waals surface area contributed by atoms with Crippen molar-refractivity contribution < 1.29 is 0 Å².